The molecule has 0 aliphatic heterocycles. The van der Waals surface area contributed by atoms with E-state index in [2.05, 4.69) is 18.0 Å². The predicted octanol–water partition coefficient (Wildman–Crippen LogP) is 3.34. The molecular formula is C12H10N2S. The number of nitrogens with zero attached hydrogens (tertiary/aromatic N) is 1. The minimum Gasteiger partial charge on any atom is -0.399 e. The van der Waals surface area contributed by atoms with Gasteiger partial charge in [0.1, 0.15) is 0 Å². The van der Waals surface area contributed by atoms with E-state index >= 15 is 0 Å². The van der Waals surface area contributed by atoms with Crippen LogP contribution in [0.3, 0.4) is 0 Å². The Kier molecular flexibility index (Phi) is 1.70. The summed E-state index contributed by atoms with van der Waals surface area (Å²) in [7, 11) is 0. The number of fused-ring (bicyclic) bond motifs is 3. The molecule has 0 bridgehead atoms. The molecule has 0 amide bonds. The molecule has 3 heteroatoms. The molecule has 3 rings (SSSR count). The molecule has 0 aliphatic carbocycles. The fourth-order valence-corrected chi connectivity index (χ4v) is 3.01. The van der Waals surface area contributed by atoms with Gasteiger partial charge in [-0.1, -0.05) is 0 Å². The SMILES string of the molecule is Cc1cc(N)cc2c1sc1cccnc12. The maximum absolute atomic E-state index is 5.85. The quantitative estimate of drug-likeness (QED) is 0.583. The fraction of sp³-hybridized carbons (Fsp3) is 0.0833. The molecule has 2 aromatic heterocycles. The number of pyridine rings is 1. The molecule has 2 nitrogen and oxygen atoms in total. The molecule has 0 fully saturated rings. The van der Waals surface area contributed by atoms with Gasteiger partial charge in [-0.3, -0.25) is 4.98 Å². The lowest BCUT2D eigenvalue weighted by molar-refractivity contribution is 1.44. The monoisotopic (exact) mass is 214 g/mol. The van der Waals surface area contributed by atoms with Crippen molar-refractivity contribution in [1.82, 2.24) is 4.98 Å². The Balaban J connectivity index is 2.61. The third-order valence-electron chi connectivity index (χ3n) is 2.53. The minimum atomic E-state index is 0.811. The molecule has 2 N–H and O–H groups in total. The maximum Gasteiger partial charge on any atom is 0.0889 e. The van der Waals surface area contributed by atoms with Crippen LogP contribution in [0.25, 0.3) is 20.3 Å². The minimum absolute atomic E-state index is 0.811. The smallest absolute Gasteiger partial charge is 0.0889 e. The third kappa shape index (κ3) is 1.20. The lowest BCUT2D eigenvalue weighted by atomic mass is 10.1. The van der Waals surface area contributed by atoms with Gasteiger partial charge < -0.3 is 5.73 Å². The second-order valence-electron chi connectivity index (χ2n) is 3.67. The molecule has 0 spiro atoms. The van der Waals surface area contributed by atoms with Crippen molar-refractivity contribution in [3.8, 4) is 0 Å². The maximum atomic E-state index is 5.85. The van der Waals surface area contributed by atoms with Crippen LogP contribution in [0.2, 0.25) is 0 Å². The Hall–Kier alpha value is -1.61. The van der Waals surface area contributed by atoms with E-state index in [-0.39, 0.29) is 0 Å². The van der Waals surface area contributed by atoms with Crippen LogP contribution in [0.4, 0.5) is 5.69 Å². The van der Waals surface area contributed by atoms with E-state index in [0.717, 1.165) is 11.2 Å². The van der Waals surface area contributed by atoms with Gasteiger partial charge in [0.15, 0.2) is 0 Å². The number of rotatable bonds is 0. The number of thiophene rings is 1. The van der Waals surface area contributed by atoms with E-state index in [0.29, 0.717) is 0 Å². The van der Waals surface area contributed by atoms with Crippen molar-refractivity contribution in [3.05, 3.63) is 36.0 Å². The van der Waals surface area contributed by atoms with Crippen molar-refractivity contribution in [2.45, 2.75) is 6.92 Å². The van der Waals surface area contributed by atoms with Crippen LogP contribution in [0, 0.1) is 6.92 Å². The summed E-state index contributed by atoms with van der Waals surface area (Å²) < 4.78 is 2.51. The van der Waals surface area contributed by atoms with E-state index in [1.54, 1.807) is 11.3 Å². The van der Waals surface area contributed by atoms with Crippen molar-refractivity contribution >= 4 is 37.3 Å². The summed E-state index contributed by atoms with van der Waals surface area (Å²) in [6.45, 7) is 2.09. The predicted molar refractivity (Wildman–Crippen MR) is 66.3 cm³/mol. The third-order valence-corrected chi connectivity index (χ3v) is 3.83. The number of benzene rings is 1. The molecular weight excluding hydrogens is 204 g/mol. The molecule has 0 unspecified atom stereocenters. The molecule has 74 valence electrons. The lowest BCUT2D eigenvalue weighted by Crippen LogP contribution is -1.85. The van der Waals surface area contributed by atoms with Gasteiger partial charge in [0.05, 0.1) is 10.2 Å². The Morgan fingerprint density at radius 3 is 3.07 bits per heavy atom. The average molecular weight is 214 g/mol. The summed E-state index contributed by atoms with van der Waals surface area (Å²) in [5.41, 5.74) is 8.95. The van der Waals surface area contributed by atoms with Crippen LogP contribution in [0.15, 0.2) is 30.5 Å². The van der Waals surface area contributed by atoms with Crippen molar-refractivity contribution < 1.29 is 0 Å². The molecule has 1 aromatic carbocycles. The van der Waals surface area contributed by atoms with Crippen LogP contribution in [0.5, 0.6) is 0 Å². The highest BCUT2D eigenvalue weighted by Gasteiger charge is 2.07. The van der Waals surface area contributed by atoms with Crippen LogP contribution in [-0.4, -0.2) is 4.98 Å². The summed E-state index contributed by atoms with van der Waals surface area (Å²) in [5.74, 6) is 0. The molecule has 0 radical (unpaired) electrons. The molecule has 0 atom stereocenters. The van der Waals surface area contributed by atoms with Crippen molar-refractivity contribution in [1.29, 1.82) is 0 Å². The Morgan fingerprint density at radius 2 is 2.20 bits per heavy atom. The van der Waals surface area contributed by atoms with Gasteiger partial charge in [0.25, 0.3) is 0 Å². The van der Waals surface area contributed by atoms with Gasteiger partial charge in [0.2, 0.25) is 0 Å². The van der Waals surface area contributed by atoms with E-state index in [4.69, 9.17) is 5.73 Å². The normalized spacial score (nSPS) is 11.3. The summed E-state index contributed by atoms with van der Waals surface area (Å²) in [6.07, 6.45) is 1.83. The van der Waals surface area contributed by atoms with E-state index in [9.17, 15) is 0 Å². The van der Waals surface area contributed by atoms with E-state index in [1.165, 1.54) is 20.3 Å². The first-order chi connectivity index (χ1) is 7.25. The highest BCUT2D eigenvalue weighted by molar-refractivity contribution is 7.25. The van der Waals surface area contributed by atoms with Crippen molar-refractivity contribution in [3.63, 3.8) is 0 Å². The second-order valence-corrected chi connectivity index (χ2v) is 4.72. The largest absolute Gasteiger partial charge is 0.399 e. The van der Waals surface area contributed by atoms with Gasteiger partial charge in [-0.2, -0.15) is 0 Å². The first-order valence-corrected chi connectivity index (χ1v) is 5.61. The standard InChI is InChI=1S/C12H10N2S/c1-7-5-8(13)6-9-11-10(15-12(7)9)3-2-4-14-11/h2-6H,13H2,1H3. The number of anilines is 1. The number of nitrogen functional groups attached to an aromatic ring is 1. The second kappa shape index (κ2) is 2.94. The molecule has 15 heavy (non-hydrogen) atoms. The first-order valence-electron chi connectivity index (χ1n) is 4.79. The molecule has 0 aliphatic rings. The van der Waals surface area contributed by atoms with Gasteiger partial charge in [-0.15, -0.1) is 11.3 Å². The Bertz CT molecular complexity index is 655. The zero-order valence-corrected chi connectivity index (χ0v) is 9.14. The highest BCUT2D eigenvalue weighted by Crippen LogP contribution is 2.35. The number of hydrogen-bond donors (Lipinski definition) is 1. The number of aromatic nitrogens is 1. The highest BCUT2D eigenvalue weighted by atomic mass is 32.1. The van der Waals surface area contributed by atoms with Crippen LogP contribution in [0.1, 0.15) is 5.56 Å². The molecule has 2 heterocycles. The Labute approximate surface area is 91.4 Å². The van der Waals surface area contributed by atoms with Gasteiger partial charge in [0, 0.05) is 22.0 Å². The van der Waals surface area contributed by atoms with Crippen LogP contribution >= 0.6 is 11.3 Å². The number of nitrogens with two attached hydrogens (primary N) is 1. The van der Waals surface area contributed by atoms with Crippen LogP contribution < -0.4 is 5.73 Å². The molecule has 0 saturated heterocycles. The number of hydrogen-bond acceptors (Lipinski definition) is 3. The lowest BCUT2D eigenvalue weighted by Gasteiger charge is -1.97. The molecule has 0 saturated carbocycles. The van der Waals surface area contributed by atoms with Crippen LogP contribution in [-0.2, 0) is 0 Å². The van der Waals surface area contributed by atoms with Gasteiger partial charge in [-0.25, -0.2) is 0 Å². The Morgan fingerprint density at radius 1 is 1.33 bits per heavy atom. The summed E-state index contributed by atoms with van der Waals surface area (Å²) >= 11 is 1.78. The van der Waals surface area contributed by atoms with Gasteiger partial charge >= 0.3 is 0 Å². The summed E-state index contributed by atoms with van der Waals surface area (Å²) in [6, 6.07) is 8.09. The van der Waals surface area contributed by atoms with Gasteiger partial charge in [-0.05, 0) is 36.8 Å². The zero-order chi connectivity index (χ0) is 10.4. The summed E-state index contributed by atoms with van der Waals surface area (Å²) in [5, 5.41) is 1.17. The first kappa shape index (κ1) is 8.68. The fourth-order valence-electron chi connectivity index (χ4n) is 1.90. The molecule has 3 aromatic rings. The topological polar surface area (TPSA) is 38.9 Å². The zero-order valence-electron chi connectivity index (χ0n) is 8.32. The van der Waals surface area contributed by atoms with E-state index in [1.807, 2.05) is 24.4 Å². The van der Waals surface area contributed by atoms with Crippen molar-refractivity contribution in [2.24, 2.45) is 0 Å². The number of aryl methyl sites for hydroxylation is 1. The van der Waals surface area contributed by atoms with E-state index < -0.39 is 0 Å². The average Bonchev–Trinajstić information content (AvgIpc) is 2.57. The summed E-state index contributed by atoms with van der Waals surface area (Å²) in [4.78, 5) is 4.41. The van der Waals surface area contributed by atoms with Crippen molar-refractivity contribution in [2.75, 3.05) is 5.73 Å².